The van der Waals surface area contributed by atoms with Crippen LogP contribution < -0.4 is 4.72 Å². The molecule has 0 atom stereocenters. The van der Waals surface area contributed by atoms with Gasteiger partial charge >= 0.3 is 5.97 Å². The lowest BCUT2D eigenvalue weighted by atomic mass is 10.0. The number of amides is 1. The van der Waals surface area contributed by atoms with Crippen LogP contribution in [0.5, 0.6) is 0 Å². The molecule has 0 aliphatic carbocycles. The third kappa shape index (κ3) is 4.71. The van der Waals surface area contributed by atoms with Crippen LogP contribution in [0.25, 0.3) is 0 Å². The Balaban J connectivity index is 1.90. The minimum atomic E-state index is -4.03. The third-order valence-electron chi connectivity index (χ3n) is 4.85. The topological polar surface area (TPSA) is 92.8 Å². The van der Waals surface area contributed by atoms with Crippen LogP contribution in [0.3, 0.4) is 0 Å². The predicted octanol–water partition coefficient (Wildman–Crippen LogP) is 2.84. The van der Waals surface area contributed by atoms with E-state index in [9.17, 15) is 22.4 Å². The van der Waals surface area contributed by atoms with Gasteiger partial charge in [0, 0.05) is 24.4 Å². The molecule has 3 rings (SSSR count). The molecule has 0 saturated carbocycles. The average Bonchev–Trinajstić information content (AvgIpc) is 3.12. The molecule has 30 heavy (non-hydrogen) atoms. The van der Waals surface area contributed by atoms with Gasteiger partial charge in [-0.25, -0.2) is 22.3 Å². The standard InChI is InChI=1S/C20H23FN2O5S2/c1-3-4-17(24)23-10-9-15-16(12-23)29-20(18(15)19(25)28-2)30(26,27)22-11-13-5-7-14(21)8-6-13/h5-8,22H,3-4,9-12H2,1-2H3. The van der Waals surface area contributed by atoms with Gasteiger partial charge in [-0.3, -0.25) is 4.79 Å². The van der Waals surface area contributed by atoms with Crippen LogP contribution in [0.15, 0.2) is 28.5 Å². The summed E-state index contributed by atoms with van der Waals surface area (Å²) >= 11 is 0.984. The highest BCUT2D eigenvalue weighted by atomic mass is 32.2. The summed E-state index contributed by atoms with van der Waals surface area (Å²) in [4.78, 5) is 27.0. The Morgan fingerprint density at radius 3 is 2.60 bits per heavy atom. The largest absolute Gasteiger partial charge is 0.465 e. The summed E-state index contributed by atoms with van der Waals surface area (Å²) in [5, 5.41) is 0. The lowest BCUT2D eigenvalue weighted by Crippen LogP contribution is -2.35. The molecule has 162 valence electrons. The van der Waals surface area contributed by atoms with Crippen LogP contribution >= 0.6 is 11.3 Å². The molecule has 2 aromatic rings. The van der Waals surface area contributed by atoms with E-state index in [2.05, 4.69) is 4.72 Å². The molecule has 0 spiro atoms. The average molecular weight is 455 g/mol. The Hall–Kier alpha value is -2.30. The summed E-state index contributed by atoms with van der Waals surface area (Å²) in [6, 6.07) is 5.45. The molecule has 1 aliphatic heterocycles. The molecule has 2 heterocycles. The fraction of sp³-hybridized carbons (Fsp3) is 0.400. The maximum absolute atomic E-state index is 13.1. The van der Waals surface area contributed by atoms with E-state index in [0.717, 1.165) is 17.8 Å². The number of methoxy groups -OCH3 is 1. The van der Waals surface area contributed by atoms with Gasteiger partial charge in [0.1, 0.15) is 10.0 Å². The van der Waals surface area contributed by atoms with E-state index in [1.165, 1.54) is 31.4 Å². The van der Waals surface area contributed by atoms with Crippen molar-refractivity contribution in [3.05, 3.63) is 51.7 Å². The zero-order valence-corrected chi connectivity index (χ0v) is 18.4. The zero-order valence-electron chi connectivity index (χ0n) is 16.7. The minimum absolute atomic E-state index is 0.00927. The van der Waals surface area contributed by atoms with Crippen LogP contribution in [-0.2, 0) is 39.1 Å². The minimum Gasteiger partial charge on any atom is -0.465 e. The second-order valence-electron chi connectivity index (χ2n) is 6.92. The highest BCUT2D eigenvalue weighted by Crippen LogP contribution is 2.36. The van der Waals surface area contributed by atoms with Crippen molar-refractivity contribution in [3.63, 3.8) is 0 Å². The number of hydrogen-bond acceptors (Lipinski definition) is 6. The van der Waals surface area contributed by atoms with E-state index in [-0.39, 0.29) is 28.8 Å². The van der Waals surface area contributed by atoms with E-state index in [4.69, 9.17) is 4.74 Å². The molecule has 1 aliphatic rings. The molecule has 1 amide bonds. The van der Waals surface area contributed by atoms with Gasteiger partial charge < -0.3 is 9.64 Å². The fourth-order valence-corrected chi connectivity index (χ4v) is 6.27. The van der Waals surface area contributed by atoms with Crippen molar-refractivity contribution in [2.24, 2.45) is 0 Å². The van der Waals surface area contributed by atoms with E-state index >= 15 is 0 Å². The highest BCUT2D eigenvalue weighted by molar-refractivity contribution is 7.91. The van der Waals surface area contributed by atoms with Gasteiger partial charge in [-0.15, -0.1) is 11.3 Å². The number of fused-ring (bicyclic) bond motifs is 1. The van der Waals surface area contributed by atoms with Crippen molar-refractivity contribution in [3.8, 4) is 0 Å². The Morgan fingerprint density at radius 2 is 1.97 bits per heavy atom. The summed E-state index contributed by atoms with van der Waals surface area (Å²) in [5.74, 6) is -1.12. The predicted molar refractivity (Wildman–Crippen MR) is 110 cm³/mol. The lowest BCUT2D eigenvalue weighted by molar-refractivity contribution is -0.132. The van der Waals surface area contributed by atoms with Crippen molar-refractivity contribution in [1.29, 1.82) is 0 Å². The van der Waals surface area contributed by atoms with Crippen LogP contribution in [0.4, 0.5) is 4.39 Å². The third-order valence-corrected chi connectivity index (χ3v) is 7.99. The number of rotatable bonds is 7. The van der Waals surface area contributed by atoms with E-state index < -0.39 is 21.8 Å². The van der Waals surface area contributed by atoms with Gasteiger partial charge in [-0.05, 0) is 36.1 Å². The van der Waals surface area contributed by atoms with Crippen molar-refractivity contribution in [1.82, 2.24) is 9.62 Å². The van der Waals surface area contributed by atoms with Crippen LogP contribution in [0, 0.1) is 5.82 Å². The molecule has 0 radical (unpaired) electrons. The number of carbonyl (C=O) groups is 2. The van der Waals surface area contributed by atoms with Gasteiger partial charge in [0.25, 0.3) is 10.0 Å². The van der Waals surface area contributed by atoms with Gasteiger partial charge in [0.15, 0.2) is 0 Å². The Morgan fingerprint density at radius 1 is 1.27 bits per heavy atom. The van der Waals surface area contributed by atoms with Gasteiger partial charge in [0.2, 0.25) is 5.91 Å². The first-order chi connectivity index (χ1) is 14.3. The molecule has 10 heteroatoms. The number of thiophene rings is 1. The lowest BCUT2D eigenvalue weighted by Gasteiger charge is -2.27. The molecular weight excluding hydrogens is 431 g/mol. The molecule has 0 unspecified atom stereocenters. The highest BCUT2D eigenvalue weighted by Gasteiger charge is 2.34. The van der Waals surface area contributed by atoms with Crippen molar-refractivity contribution < 1.29 is 27.1 Å². The summed E-state index contributed by atoms with van der Waals surface area (Å²) < 4.78 is 46.2. The molecule has 0 bridgehead atoms. The number of esters is 1. The number of nitrogens with one attached hydrogen (secondary N) is 1. The quantitative estimate of drug-likeness (QED) is 0.650. The second-order valence-corrected chi connectivity index (χ2v) is 9.99. The second kappa shape index (κ2) is 9.23. The van der Waals surface area contributed by atoms with E-state index in [0.29, 0.717) is 35.4 Å². The Bertz CT molecular complexity index is 1050. The van der Waals surface area contributed by atoms with Crippen molar-refractivity contribution >= 4 is 33.2 Å². The number of sulfonamides is 1. The van der Waals surface area contributed by atoms with Gasteiger partial charge in [0.05, 0.1) is 19.2 Å². The SMILES string of the molecule is CCCC(=O)N1CCc2c(sc(S(=O)(=O)NCc3ccc(F)cc3)c2C(=O)OC)C1. The monoisotopic (exact) mass is 454 g/mol. The van der Waals surface area contributed by atoms with E-state index in [1.807, 2.05) is 6.92 Å². The Labute approximate surface area is 178 Å². The summed E-state index contributed by atoms with van der Waals surface area (Å²) in [6.45, 7) is 2.57. The molecule has 7 nitrogen and oxygen atoms in total. The first kappa shape index (κ1) is 22.4. The van der Waals surface area contributed by atoms with Crippen molar-refractivity contribution in [2.75, 3.05) is 13.7 Å². The first-order valence-electron chi connectivity index (χ1n) is 9.51. The van der Waals surface area contributed by atoms with Crippen LogP contribution in [0.2, 0.25) is 0 Å². The van der Waals surface area contributed by atoms with Crippen LogP contribution in [0.1, 0.15) is 46.1 Å². The molecule has 1 aromatic heterocycles. The number of carbonyl (C=O) groups excluding carboxylic acids is 2. The molecule has 1 aromatic carbocycles. The summed E-state index contributed by atoms with van der Waals surface area (Å²) in [5.41, 5.74) is 1.23. The normalized spacial score (nSPS) is 13.8. The number of halogens is 1. The van der Waals surface area contributed by atoms with Crippen molar-refractivity contribution in [2.45, 2.75) is 43.5 Å². The summed E-state index contributed by atoms with van der Waals surface area (Å²) in [6.07, 6.45) is 1.54. The zero-order chi connectivity index (χ0) is 21.9. The van der Waals surface area contributed by atoms with Crippen LogP contribution in [-0.4, -0.2) is 38.8 Å². The molecular formula is C20H23FN2O5S2. The number of benzene rings is 1. The first-order valence-corrected chi connectivity index (χ1v) is 11.8. The number of ether oxygens (including phenoxy) is 1. The number of hydrogen-bond donors (Lipinski definition) is 1. The Kier molecular flexibility index (Phi) is 6.89. The maximum atomic E-state index is 13.1. The number of nitrogens with zero attached hydrogens (tertiary/aromatic N) is 1. The molecule has 0 saturated heterocycles. The van der Waals surface area contributed by atoms with Gasteiger partial charge in [-0.1, -0.05) is 19.1 Å². The van der Waals surface area contributed by atoms with E-state index in [1.54, 1.807) is 4.90 Å². The van der Waals surface area contributed by atoms with Gasteiger partial charge in [-0.2, -0.15) is 0 Å². The maximum Gasteiger partial charge on any atom is 0.340 e. The molecule has 1 N–H and O–H groups in total. The smallest absolute Gasteiger partial charge is 0.340 e. The summed E-state index contributed by atoms with van der Waals surface area (Å²) in [7, 11) is -2.82. The molecule has 0 fully saturated rings. The fourth-order valence-electron chi connectivity index (χ4n) is 3.31.